The summed E-state index contributed by atoms with van der Waals surface area (Å²) >= 11 is 0. The second kappa shape index (κ2) is 9.67. The van der Waals surface area contributed by atoms with Crippen LogP contribution in [0, 0.1) is 0 Å². The minimum absolute atomic E-state index is 0.0808. The van der Waals surface area contributed by atoms with Gasteiger partial charge in [-0.15, -0.1) is 6.58 Å². The molecule has 0 atom stereocenters. The van der Waals surface area contributed by atoms with Crippen molar-refractivity contribution in [2.24, 2.45) is 0 Å². The van der Waals surface area contributed by atoms with Gasteiger partial charge in [0.2, 0.25) is 0 Å². The van der Waals surface area contributed by atoms with Crippen molar-refractivity contribution in [1.82, 2.24) is 0 Å². The average Bonchev–Trinajstić information content (AvgIpc) is 2.67. The molecule has 0 aromatic heterocycles. The van der Waals surface area contributed by atoms with Gasteiger partial charge in [-0.3, -0.25) is 4.79 Å². The largest absolute Gasteiger partial charge is 0.463 e. The maximum atomic E-state index is 11.7. The lowest BCUT2D eigenvalue weighted by atomic mass is 10.2. The van der Waals surface area contributed by atoms with E-state index in [2.05, 4.69) is 75.9 Å². The van der Waals surface area contributed by atoms with Crippen LogP contribution >= 0.6 is 0 Å². The van der Waals surface area contributed by atoms with Gasteiger partial charge in [0.1, 0.15) is 6.61 Å². The van der Waals surface area contributed by atoms with E-state index < -0.39 is 8.32 Å². The molecule has 0 heterocycles. The van der Waals surface area contributed by atoms with Gasteiger partial charge in [0.25, 0.3) is 8.32 Å². The summed E-state index contributed by atoms with van der Waals surface area (Å²) < 4.78 is 12.0. The molecule has 0 radical (unpaired) electrons. The van der Waals surface area contributed by atoms with E-state index in [1.165, 1.54) is 10.4 Å². The van der Waals surface area contributed by atoms with Gasteiger partial charge >= 0.3 is 5.97 Å². The summed E-state index contributed by atoms with van der Waals surface area (Å²) in [4.78, 5) is 11.7. The zero-order valence-corrected chi connectivity index (χ0v) is 17.6. The van der Waals surface area contributed by atoms with Crippen LogP contribution in [-0.4, -0.2) is 27.5 Å². The molecule has 0 fully saturated rings. The summed E-state index contributed by atoms with van der Waals surface area (Å²) in [5.74, 6) is -0.207. The molecule has 0 unspecified atom stereocenters. The van der Waals surface area contributed by atoms with Crippen molar-refractivity contribution in [2.75, 3.05) is 13.2 Å². The molecule has 2 aromatic carbocycles. The normalized spacial score (nSPS) is 11.8. The first-order valence-electron chi connectivity index (χ1n) is 9.43. The van der Waals surface area contributed by atoms with Gasteiger partial charge < -0.3 is 9.16 Å². The molecule has 0 bridgehead atoms. The van der Waals surface area contributed by atoms with Gasteiger partial charge in [-0.1, -0.05) is 87.5 Å². The summed E-state index contributed by atoms with van der Waals surface area (Å²) in [6, 6.07) is 20.9. The lowest BCUT2D eigenvalue weighted by molar-refractivity contribution is -0.144. The van der Waals surface area contributed by atoms with Crippen molar-refractivity contribution in [3.63, 3.8) is 0 Å². The fraction of sp³-hybridized carbons (Fsp3) is 0.348. The van der Waals surface area contributed by atoms with Crippen LogP contribution in [0.15, 0.2) is 73.3 Å². The van der Waals surface area contributed by atoms with E-state index in [4.69, 9.17) is 9.16 Å². The third-order valence-electron chi connectivity index (χ3n) is 4.63. The van der Waals surface area contributed by atoms with E-state index in [-0.39, 0.29) is 17.6 Å². The molecular formula is C23H30O3Si. The summed E-state index contributed by atoms with van der Waals surface area (Å²) in [7, 11) is -2.55. The molecule has 0 aliphatic carbocycles. The number of benzene rings is 2. The van der Waals surface area contributed by atoms with Crippen molar-refractivity contribution in [3.05, 3.63) is 73.3 Å². The van der Waals surface area contributed by atoms with Crippen molar-refractivity contribution in [2.45, 2.75) is 38.7 Å². The Balaban J connectivity index is 2.27. The number of allylic oxidation sites excluding steroid dienone is 1. The van der Waals surface area contributed by atoms with E-state index in [0.717, 1.165) is 0 Å². The SMILES string of the molecule is C=CCCC(=O)OCCO[Si](c1ccccc1)(c1ccccc1)C(C)(C)C. The van der Waals surface area contributed by atoms with E-state index in [0.29, 0.717) is 19.4 Å². The van der Waals surface area contributed by atoms with E-state index in [9.17, 15) is 4.79 Å². The molecule has 0 saturated heterocycles. The number of ether oxygens (including phenoxy) is 1. The second-order valence-electron chi connectivity index (χ2n) is 7.56. The maximum Gasteiger partial charge on any atom is 0.306 e. The number of rotatable bonds is 9. The maximum absolute atomic E-state index is 11.7. The number of hydrogen-bond donors (Lipinski definition) is 0. The highest BCUT2D eigenvalue weighted by molar-refractivity contribution is 6.99. The highest BCUT2D eigenvalue weighted by Gasteiger charge is 2.50. The fourth-order valence-corrected chi connectivity index (χ4v) is 7.95. The van der Waals surface area contributed by atoms with Crippen LogP contribution in [0.5, 0.6) is 0 Å². The third kappa shape index (κ3) is 5.18. The molecule has 0 saturated carbocycles. The van der Waals surface area contributed by atoms with Crippen molar-refractivity contribution >= 4 is 24.7 Å². The molecule has 2 aromatic rings. The van der Waals surface area contributed by atoms with Gasteiger partial charge in [-0.25, -0.2) is 0 Å². The lowest BCUT2D eigenvalue weighted by Gasteiger charge is -2.43. The van der Waals surface area contributed by atoms with E-state index in [1.54, 1.807) is 6.08 Å². The summed E-state index contributed by atoms with van der Waals surface area (Å²) in [6.45, 7) is 11.0. The molecule has 27 heavy (non-hydrogen) atoms. The Morgan fingerprint density at radius 3 is 1.93 bits per heavy atom. The summed E-state index contributed by atoms with van der Waals surface area (Å²) in [5.41, 5.74) is 0. The van der Waals surface area contributed by atoms with Crippen LogP contribution in [0.3, 0.4) is 0 Å². The minimum Gasteiger partial charge on any atom is -0.463 e. The predicted octanol–water partition coefficient (Wildman–Crippen LogP) is 4.07. The molecule has 2 rings (SSSR count). The molecule has 0 amide bonds. The smallest absolute Gasteiger partial charge is 0.306 e. The summed E-state index contributed by atoms with van der Waals surface area (Å²) in [6.07, 6.45) is 2.72. The van der Waals surface area contributed by atoms with Crippen LogP contribution in [0.4, 0.5) is 0 Å². The minimum atomic E-state index is -2.55. The molecular weight excluding hydrogens is 352 g/mol. The first-order chi connectivity index (χ1) is 12.9. The first kappa shape index (κ1) is 21.1. The highest BCUT2D eigenvalue weighted by Crippen LogP contribution is 2.36. The molecule has 4 heteroatoms. The molecule has 144 valence electrons. The van der Waals surface area contributed by atoms with Gasteiger partial charge in [0.05, 0.1) is 6.61 Å². The number of hydrogen-bond acceptors (Lipinski definition) is 3. The van der Waals surface area contributed by atoms with E-state index >= 15 is 0 Å². The van der Waals surface area contributed by atoms with Crippen LogP contribution in [0.2, 0.25) is 5.04 Å². The standard InChI is InChI=1S/C23H30O3Si/c1-5-6-17-22(24)25-18-19-26-27(23(2,3)4,20-13-9-7-10-14-20)21-15-11-8-12-16-21/h5,7-16H,1,6,17-19H2,2-4H3. The van der Waals surface area contributed by atoms with Crippen molar-refractivity contribution in [1.29, 1.82) is 0 Å². The van der Waals surface area contributed by atoms with Crippen LogP contribution < -0.4 is 10.4 Å². The van der Waals surface area contributed by atoms with Crippen LogP contribution in [0.25, 0.3) is 0 Å². The molecule has 0 N–H and O–H groups in total. The third-order valence-corrected chi connectivity index (χ3v) is 9.68. The Morgan fingerprint density at radius 1 is 0.963 bits per heavy atom. The van der Waals surface area contributed by atoms with E-state index in [1.807, 2.05) is 12.1 Å². The first-order valence-corrected chi connectivity index (χ1v) is 11.3. The average molecular weight is 383 g/mol. The van der Waals surface area contributed by atoms with Gasteiger partial charge in [-0.2, -0.15) is 0 Å². The van der Waals surface area contributed by atoms with Crippen molar-refractivity contribution in [3.8, 4) is 0 Å². The second-order valence-corrected chi connectivity index (χ2v) is 11.9. The Morgan fingerprint density at radius 2 is 1.48 bits per heavy atom. The number of carbonyl (C=O) groups is 1. The predicted molar refractivity (Wildman–Crippen MR) is 114 cm³/mol. The molecule has 0 spiro atoms. The zero-order valence-electron chi connectivity index (χ0n) is 16.6. The molecule has 3 nitrogen and oxygen atoms in total. The Kier molecular flexibility index (Phi) is 7.57. The Bertz CT molecular complexity index is 681. The monoisotopic (exact) mass is 382 g/mol. The summed E-state index contributed by atoms with van der Waals surface area (Å²) in [5, 5.41) is 2.37. The topological polar surface area (TPSA) is 35.5 Å². The highest BCUT2D eigenvalue weighted by atomic mass is 28.4. The van der Waals surface area contributed by atoms with Gasteiger partial charge in [-0.05, 0) is 21.8 Å². The fourth-order valence-electron chi connectivity index (χ4n) is 3.40. The van der Waals surface area contributed by atoms with Crippen molar-refractivity contribution < 1.29 is 14.0 Å². The molecule has 0 aliphatic rings. The Labute approximate surface area is 164 Å². The number of carbonyl (C=O) groups excluding carboxylic acids is 1. The lowest BCUT2D eigenvalue weighted by Crippen LogP contribution is -2.66. The van der Waals surface area contributed by atoms with Gasteiger partial charge in [0.15, 0.2) is 0 Å². The van der Waals surface area contributed by atoms with Crippen LogP contribution in [-0.2, 0) is 14.0 Å². The Hall–Kier alpha value is -2.17. The van der Waals surface area contributed by atoms with Crippen LogP contribution in [0.1, 0.15) is 33.6 Å². The zero-order chi connectivity index (χ0) is 19.8. The van der Waals surface area contributed by atoms with Gasteiger partial charge in [0, 0.05) is 6.42 Å². The molecule has 0 aliphatic heterocycles. The quantitative estimate of drug-likeness (QED) is 0.284. The number of esters is 1.